The Balaban J connectivity index is 1.97. The van der Waals surface area contributed by atoms with Gasteiger partial charge in [0.2, 0.25) is 5.84 Å². The summed E-state index contributed by atoms with van der Waals surface area (Å²) < 4.78 is 4.94. The van der Waals surface area contributed by atoms with Crippen LogP contribution in [0.4, 0.5) is 5.69 Å². The number of carbonyl (C=O) groups excluding carboxylic acids is 1. The van der Waals surface area contributed by atoms with E-state index in [0.29, 0.717) is 6.61 Å². The highest BCUT2D eigenvalue weighted by Gasteiger charge is 2.20. The molecule has 1 aromatic rings. The second-order valence-corrected chi connectivity index (χ2v) is 4.04. The number of rotatable bonds is 2. The third-order valence-corrected chi connectivity index (χ3v) is 2.38. The largest absolute Gasteiger partial charge is 0.458 e. The molecule has 0 fully saturated rings. The third kappa shape index (κ3) is 2.96. The van der Waals surface area contributed by atoms with Gasteiger partial charge in [0.1, 0.15) is 6.61 Å². The summed E-state index contributed by atoms with van der Waals surface area (Å²) in [6, 6.07) is 7.79. The lowest BCUT2D eigenvalue weighted by Gasteiger charge is -2.18. The van der Waals surface area contributed by atoms with Crippen molar-refractivity contribution in [2.24, 2.45) is 4.99 Å². The molecule has 1 aliphatic rings. The summed E-state index contributed by atoms with van der Waals surface area (Å²) >= 11 is 0. The molecule has 1 aliphatic heterocycles. The molecule has 0 aliphatic carbocycles. The number of aliphatic imine (C=N–C) groups is 1. The zero-order valence-electron chi connectivity index (χ0n) is 9.86. The number of hydrogen-bond acceptors (Lipinski definition) is 5. The van der Waals surface area contributed by atoms with Gasteiger partial charge in [0.25, 0.3) is 0 Å². The molecule has 0 aromatic heterocycles. The van der Waals surface area contributed by atoms with E-state index in [1.807, 2.05) is 38.1 Å². The second-order valence-electron chi connectivity index (χ2n) is 4.04. The molecule has 0 saturated heterocycles. The van der Waals surface area contributed by atoms with Gasteiger partial charge in [-0.1, -0.05) is 17.7 Å². The van der Waals surface area contributed by atoms with Crippen molar-refractivity contribution in [2.75, 3.05) is 12.0 Å². The van der Waals surface area contributed by atoms with Gasteiger partial charge in [-0.3, -0.25) is 15.8 Å². The molecule has 5 heteroatoms. The van der Waals surface area contributed by atoms with E-state index in [1.165, 1.54) is 5.56 Å². The molecule has 90 valence electrons. The van der Waals surface area contributed by atoms with Crippen LogP contribution in [0.2, 0.25) is 0 Å². The van der Waals surface area contributed by atoms with E-state index >= 15 is 0 Å². The van der Waals surface area contributed by atoms with Crippen molar-refractivity contribution in [1.82, 2.24) is 5.43 Å². The van der Waals surface area contributed by atoms with E-state index in [-0.39, 0.29) is 11.9 Å². The van der Waals surface area contributed by atoms with Gasteiger partial charge in [0.15, 0.2) is 0 Å². The van der Waals surface area contributed by atoms with E-state index < -0.39 is 5.97 Å². The lowest BCUT2D eigenvalue weighted by atomic mass is 10.2. The predicted octanol–water partition coefficient (Wildman–Crippen LogP) is 1.26. The first kappa shape index (κ1) is 11.4. The fraction of sp³-hybridized carbons (Fsp3) is 0.333. The average molecular weight is 233 g/mol. The Hall–Kier alpha value is -2.04. The van der Waals surface area contributed by atoms with Crippen molar-refractivity contribution in [1.29, 1.82) is 0 Å². The number of hydrazine groups is 1. The molecule has 0 amide bonds. The molecule has 0 unspecified atom stereocenters. The number of esters is 1. The van der Waals surface area contributed by atoms with Crippen molar-refractivity contribution in [2.45, 2.75) is 19.9 Å². The lowest BCUT2D eigenvalue weighted by molar-refractivity contribution is -0.137. The maximum Gasteiger partial charge on any atom is 0.375 e. The van der Waals surface area contributed by atoms with Crippen LogP contribution < -0.4 is 10.9 Å². The van der Waals surface area contributed by atoms with E-state index in [1.54, 1.807) is 0 Å². The van der Waals surface area contributed by atoms with Crippen molar-refractivity contribution >= 4 is 17.5 Å². The average Bonchev–Trinajstić information content (AvgIpc) is 2.32. The monoisotopic (exact) mass is 233 g/mol. The fourth-order valence-electron chi connectivity index (χ4n) is 1.43. The zero-order chi connectivity index (χ0) is 12.3. The number of aryl methyl sites for hydroxylation is 1. The standard InChI is InChI=1S/C12H15N3O2/c1-8-3-5-10(6-4-8)14-15-11-12(16)17-7-9(2)13-11/h3-6,9,14H,7H2,1-2H3,(H,13,15)/t9-/m0/s1. The molecule has 2 rings (SSSR count). The van der Waals surface area contributed by atoms with E-state index in [2.05, 4.69) is 15.8 Å². The SMILES string of the molecule is Cc1ccc(NNC2=N[C@@H](C)COC2=O)cc1. The van der Waals surface area contributed by atoms with Crippen molar-refractivity contribution in [3.63, 3.8) is 0 Å². The summed E-state index contributed by atoms with van der Waals surface area (Å²) in [4.78, 5) is 15.5. The highest BCUT2D eigenvalue weighted by Crippen LogP contribution is 2.07. The Kier molecular flexibility index (Phi) is 3.27. The number of hydrogen-bond donors (Lipinski definition) is 2. The highest BCUT2D eigenvalue weighted by atomic mass is 16.5. The van der Waals surface area contributed by atoms with E-state index in [0.717, 1.165) is 5.69 Å². The Bertz CT molecular complexity index is 440. The number of benzene rings is 1. The van der Waals surface area contributed by atoms with Crippen molar-refractivity contribution in [3.05, 3.63) is 29.8 Å². The van der Waals surface area contributed by atoms with Gasteiger partial charge in [-0.15, -0.1) is 0 Å². The van der Waals surface area contributed by atoms with Gasteiger partial charge in [0.05, 0.1) is 11.7 Å². The first-order chi connectivity index (χ1) is 8.15. The van der Waals surface area contributed by atoms with Crippen LogP contribution in [0.15, 0.2) is 29.3 Å². The van der Waals surface area contributed by atoms with E-state index in [9.17, 15) is 4.79 Å². The molecule has 0 spiro atoms. The second kappa shape index (κ2) is 4.86. The van der Waals surface area contributed by atoms with Crippen molar-refractivity contribution < 1.29 is 9.53 Å². The summed E-state index contributed by atoms with van der Waals surface area (Å²) in [5, 5.41) is 0. The molecule has 1 heterocycles. The van der Waals surface area contributed by atoms with Crippen LogP contribution in [0.25, 0.3) is 0 Å². The van der Waals surface area contributed by atoms with Crippen LogP contribution in [0, 0.1) is 6.92 Å². The van der Waals surface area contributed by atoms with Gasteiger partial charge in [-0.2, -0.15) is 0 Å². The number of amidine groups is 1. The maximum absolute atomic E-state index is 11.4. The first-order valence-electron chi connectivity index (χ1n) is 5.49. The Morgan fingerprint density at radius 2 is 2.00 bits per heavy atom. The Morgan fingerprint density at radius 3 is 2.71 bits per heavy atom. The minimum atomic E-state index is -0.428. The molecule has 5 nitrogen and oxygen atoms in total. The molecule has 2 N–H and O–H groups in total. The molecule has 0 saturated carbocycles. The normalized spacial score (nSPS) is 19.3. The Morgan fingerprint density at radius 1 is 1.29 bits per heavy atom. The molecular formula is C12H15N3O2. The first-order valence-corrected chi connectivity index (χ1v) is 5.49. The fourth-order valence-corrected chi connectivity index (χ4v) is 1.43. The summed E-state index contributed by atoms with van der Waals surface area (Å²) in [5.41, 5.74) is 7.72. The number of nitrogens with one attached hydrogen (secondary N) is 2. The number of nitrogens with zero attached hydrogens (tertiary/aromatic N) is 1. The topological polar surface area (TPSA) is 62.7 Å². The van der Waals surface area contributed by atoms with Gasteiger partial charge < -0.3 is 4.74 Å². The Labute approximate surface area is 99.9 Å². The molecule has 1 aromatic carbocycles. The number of carbonyl (C=O) groups is 1. The van der Waals surface area contributed by atoms with E-state index in [4.69, 9.17) is 4.74 Å². The summed E-state index contributed by atoms with van der Waals surface area (Å²) in [5.74, 6) is -0.216. The lowest BCUT2D eigenvalue weighted by Crippen LogP contribution is -2.41. The summed E-state index contributed by atoms with van der Waals surface area (Å²) in [7, 11) is 0. The predicted molar refractivity (Wildman–Crippen MR) is 65.8 cm³/mol. The maximum atomic E-state index is 11.4. The highest BCUT2D eigenvalue weighted by molar-refractivity contribution is 6.35. The van der Waals surface area contributed by atoms with Crippen LogP contribution >= 0.6 is 0 Å². The molecule has 1 atom stereocenters. The van der Waals surface area contributed by atoms with Gasteiger partial charge >= 0.3 is 5.97 Å². The van der Waals surface area contributed by atoms with Crippen LogP contribution in [-0.2, 0) is 9.53 Å². The van der Waals surface area contributed by atoms with Crippen LogP contribution in [0.1, 0.15) is 12.5 Å². The van der Waals surface area contributed by atoms with Crippen LogP contribution in [0.3, 0.4) is 0 Å². The van der Waals surface area contributed by atoms with Gasteiger partial charge in [-0.05, 0) is 26.0 Å². The van der Waals surface area contributed by atoms with Gasteiger partial charge in [0, 0.05) is 0 Å². The molecule has 0 radical (unpaired) electrons. The molecular weight excluding hydrogens is 218 g/mol. The minimum absolute atomic E-state index is 0.00461. The molecule has 17 heavy (non-hydrogen) atoms. The third-order valence-electron chi connectivity index (χ3n) is 2.38. The van der Waals surface area contributed by atoms with Crippen LogP contribution in [-0.4, -0.2) is 24.5 Å². The number of anilines is 1. The number of cyclic esters (lactones) is 1. The number of ether oxygens (including phenoxy) is 1. The minimum Gasteiger partial charge on any atom is -0.458 e. The quantitative estimate of drug-likeness (QED) is 0.596. The smallest absolute Gasteiger partial charge is 0.375 e. The summed E-state index contributed by atoms with van der Waals surface area (Å²) in [6.45, 7) is 4.25. The van der Waals surface area contributed by atoms with Crippen molar-refractivity contribution in [3.8, 4) is 0 Å². The van der Waals surface area contributed by atoms with Gasteiger partial charge in [-0.25, -0.2) is 4.79 Å². The van der Waals surface area contributed by atoms with Crippen LogP contribution in [0.5, 0.6) is 0 Å². The molecule has 0 bridgehead atoms. The zero-order valence-corrected chi connectivity index (χ0v) is 9.86. The summed E-state index contributed by atoms with van der Waals surface area (Å²) in [6.07, 6.45) is 0.